The molecule has 2 aliphatic rings. The predicted octanol–water partition coefficient (Wildman–Crippen LogP) is 0.360. The number of benzene rings is 1. The van der Waals surface area contributed by atoms with Crippen LogP contribution in [-0.2, 0) is 21.2 Å². The number of halogens is 2. The summed E-state index contributed by atoms with van der Waals surface area (Å²) in [5.74, 6) is 0.0569. The maximum absolute atomic E-state index is 12.7. The first kappa shape index (κ1) is 22.1. The number of nitrogens with zero attached hydrogens (tertiary/aromatic N) is 2. The van der Waals surface area contributed by atoms with Gasteiger partial charge in [0.2, 0.25) is 15.9 Å². The molecule has 0 saturated carbocycles. The number of carbonyl (C=O) groups excluding carboxylic acids is 1. The molecule has 1 fully saturated rings. The van der Waals surface area contributed by atoms with Crippen LogP contribution in [0.1, 0.15) is 12.5 Å². The van der Waals surface area contributed by atoms with E-state index in [2.05, 4.69) is 10.2 Å². The van der Waals surface area contributed by atoms with E-state index >= 15 is 0 Å². The number of amides is 1. The van der Waals surface area contributed by atoms with E-state index in [1.807, 2.05) is 6.92 Å². The van der Waals surface area contributed by atoms with Crippen LogP contribution in [0.2, 0.25) is 0 Å². The van der Waals surface area contributed by atoms with Crippen molar-refractivity contribution >= 4 is 46.4 Å². The molecule has 1 aromatic rings. The number of nitrogens with two attached hydrogens (primary N) is 1. The second-order valence-electron chi connectivity index (χ2n) is 6.18. The molecule has 10 heteroatoms. The average molecular weight is 411 g/mol. The lowest BCUT2D eigenvalue weighted by molar-refractivity contribution is -0.120. The highest BCUT2D eigenvalue weighted by Crippen LogP contribution is 2.33. The third kappa shape index (κ3) is 4.84. The lowest BCUT2D eigenvalue weighted by Crippen LogP contribution is -2.49. The highest BCUT2D eigenvalue weighted by atomic mass is 35.5. The molecule has 25 heavy (non-hydrogen) atoms. The third-order valence-corrected chi connectivity index (χ3v) is 5.34. The Morgan fingerprint density at radius 3 is 2.52 bits per heavy atom. The summed E-state index contributed by atoms with van der Waals surface area (Å²) >= 11 is 0. The Kier molecular flexibility index (Phi) is 7.67. The van der Waals surface area contributed by atoms with Gasteiger partial charge in [-0.25, -0.2) is 13.6 Å². The van der Waals surface area contributed by atoms with Gasteiger partial charge >= 0.3 is 0 Å². The summed E-state index contributed by atoms with van der Waals surface area (Å²) in [6.45, 7) is 5.90. The van der Waals surface area contributed by atoms with Crippen LogP contribution in [0.4, 0.5) is 5.69 Å². The lowest BCUT2D eigenvalue weighted by atomic mass is 10.1. The summed E-state index contributed by atoms with van der Waals surface area (Å²) in [4.78, 5) is 16.7. The van der Waals surface area contributed by atoms with Crippen molar-refractivity contribution in [1.82, 2.24) is 10.2 Å². The molecule has 1 atom stereocenters. The standard InChI is InChI=1S/C15H22N4O3S.2ClH/c1-11-8-12-9-13(23(16,21)22)2-3-14(12)19(11)15(20)10-18-6-4-17-5-7-18;;/h2-3,9,11,17H,4-8,10H2,1H3,(H2,16,21,22);2*1H. The zero-order valence-corrected chi connectivity index (χ0v) is 16.4. The molecule has 3 N–H and O–H groups in total. The van der Waals surface area contributed by atoms with E-state index in [9.17, 15) is 13.2 Å². The van der Waals surface area contributed by atoms with Gasteiger partial charge in [-0.2, -0.15) is 0 Å². The fourth-order valence-electron chi connectivity index (χ4n) is 3.30. The second kappa shape index (κ2) is 8.66. The van der Waals surface area contributed by atoms with Gasteiger partial charge in [-0.15, -0.1) is 24.8 Å². The summed E-state index contributed by atoms with van der Waals surface area (Å²) in [7, 11) is -3.72. The van der Waals surface area contributed by atoms with Crippen molar-refractivity contribution in [3.63, 3.8) is 0 Å². The molecule has 1 saturated heterocycles. The molecule has 7 nitrogen and oxygen atoms in total. The van der Waals surface area contributed by atoms with Crippen molar-refractivity contribution in [2.45, 2.75) is 24.3 Å². The zero-order chi connectivity index (χ0) is 16.6. The molecule has 0 aromatic heterocycles. The topological polar surface area (TPSA) is 95.7 Å². The lowest BCUT2D eigenvalue weighted by Gasteiger charge is -2.30. The van der Waals surface area contributed by atoms with Gasteiger partial charge in [0, 0.05) is 37.9 Å². The highest BCUT2D eigenvalue weighted by molar-refractivity contribution is 7.89. The summed E-state index contributed by atoms with van der Waals surface area (Å²) in [5, 5.41) is 8.45. The molecular weight excluding hydrogens is 387 g/mol. The van der Waals surface area contributed by atoms with E-state index < -0.39 is 10.0 Å². The summed E-state index contributed by atoms with van der Waals surface area (Å²) in [6, 6.07) is 4.77. The van der Waals surface area contributed by atoms with Gasteiger partial charge in [0.1, 0.15) is 0 Å². The number of primary sulfonamides is 1. The molecule has 0 radical (unpaired) electrons. The largest absolute Gasteiger partial charge is 0.314 e. The molecule has 2 heterocycles. The third-order valence-electron chi connectivity index (χ3n) is 4.43. The van der Waals surface area contributed by atoms with E-state index in [-0.39, 0.29) is 41.7 Å². The Morgan fingerprint density at radius 2 is 1.92 bits per heavy atom. The molecule has 0 bridgehead atoms. The Balaban J connectivity index is 0.00000156. The van der Waals surface area contributed by atoms with E-state index in [4.69, 9.17) is 5.14 Å². The van der Waals surface area contributed by atoms with Crippen LogP contribution in [0, 0.1) is 0 Å². The van der Waals surface area contributed by atoms with Crippen molar-refractivity contribution < 1.29 is 13.2 Å². The normalized spacial score (nSPS) is 20.4. The van der Waals surface area contributed by atoms with Gasteiger partial charge in [-0.05, 0) is 37.1 Å². The highest BCUT2D eigenvalue weighted by Gasteiger charge is 2.32. The number of sulfonamides is 1. The minimum absolute atomic E-state index is 0. The minimum atomic E-state index is -3.72. The van der Waals surface area contributed by atoms with E-state index in [0.29, 0.717) is 13.0 Å². The molecule has 2 aliphatic heterocycles. The molecule has 0 aliphatic carbocycles. The number of rotatable bonds is 3. The maximum Gasteiger partial charge on any atom is 0.241 e. The summed E-state index contributed by atoms with van der Waals surface area (Å²) in [6.07, 6.45) is 0.645. The second-order valence-corrected chi connectivity index (χ2v) is 7.74. The average Bonchev–Trinajstić information content (AvgIpc) is 2.82. The maximum atomic E-state index is 12.7. The minimum Gasteiger partial charge on any atom is -0.314 e. The Hall–Kier alpha value is -0.900. The molecule has 0 spiro atoms. The first-order valence-electron chi connectivity index (χ1n) is 7.77. The van der Waals surface area contributed by atoms with Gasteiger partial charge in [0.15, 0.2) is 0 Å². The molecule has 142 valence electrons. The molecule has 1 aromatic carbocycles. The van der Waals surface area contributed by atoms with Crippen LogP contribution in [0.3, 0.4) is 0 Å². The smallest absolute Gasteiger partial charge is 0.241 e. The van der Waals surface area contributed by atoms with E-state index in [1.165, 1.54) is 6.07 Å². The molecule has 3 rings (SSSR count). The van der Waals surface area contributed by atoms with Crippen LogP contribution in [0.15, 0.2) is 23.1 Å². The van der Waals surface area contributed by atoms with E-state index in [1.54, 1.807) is 17.0 Å². The van der Waals surface area contributed by atoms with Crippen molar-refractivity contribution in [1.29, 1.82) is 0 Å². The number of fused-ring (bicyclic) bond motifs is 1. The SMILES string of the molecule is CC1Cc2cc(S(N)(=O)=O)ccc2N1C(=O)CN1CCNCC1.Cl.Cl. The fourth-order valence-corrected chi connectivity index (χ4v) is 3.87. The first-order chi connectivity index (χ1) is 10.9. The monoisotopic (exact) mass is 410 g/mol. The number of piperazine rings is 1. The Morgan fingerprint density at radius 1 is 1.28 bits per heavy atom. The van der Waals surface area contributed by atoms with Gasteiger partial charge in [-0.1, -0.05) is 0 Å². The number of carbonyl (C=O) groups is 1. The van der Waals surface area contributed by atoms with Gasteiger partial charge in [0.25, 0.3) is 0 Å². The van der Waals surface area contributed by atoms with Crippen molar-refractivity contribution in [3.8, 4) is 0 Å². The number of anilines is 1. The van der Waals surface area contributed by atoms with E-state index in [0.717, 1.165) is 37.4 Å². The summed E-state index contributed by atoms with van der Waals surface area (Å²) < 4.78 is 23.0. The van der Waals surface area contributed by atoms with Gasteiger partial charge in [0.05, 0.1) is 11.4 Å². The molecular formula is C15H24Cl2N4O3S. The number of hydrogen-bond donors (Lipinski definition) is 2. The first-order valence-corrected chi connectivity index (χ1v) is 9.32. The van der Waals surface area contributed by atoms with Crippen LogP contribution in [0.5, 0.6) is 0 Å². The number of nitrogens with one attached hydrogen (secondary N) is 1. The van der Waals surface area contributed by atoms with Crippen LogP contribution >= 0.6 is 24.8 Å². The van der Waals surface area contributed by atoms with Crippen molar-refractivity contribution in [2.75, 3.05) is 37.6 Å². The predicted molar refractivity (Wildman–Crippen MR) is 102 cm³/mol. The molecule has 1 amide bonds. The summed E-state index contributed by atoms with van der Waals surface area (Å²) in [5.41, 5.74) is 1.66. The van der Waals surface area contributed by atoms with Crippen molar-refractivity contribution in [3.05, 3.63) is 23.8 Å². The molecule has 1 unspecified atom stereocenters. The van der Waals surface area contributed by atoms with Crippen LogP contribution in [-0.4, -0.2) is 58.0 Å². The van der Waals surface area contributed by atoms with Crippen LogP contribution < -0.4 is 15.4 Å². The Labute approximate surface area is 160 Å². The van der Waals surface area contributed by atoms with Crippen LogP contribution in [0.25, 0.3) is 0 Å². The zero-order valence-electron chi connectivity index (χ0n) is 14.0. The van der Waals surface area contributed by atoms with Crippen molar-refractivity contribution in [2.24, 2.45) is 5.14 Å². The fraction of sp³-hybridized carbons (Fsp3) is 0.533. The quantitative estimate of drug-likeness (QED) is 0.749. The van der Waals surface area contributed by atoms with Gasteiger partial charge < -0.3 is 10.2 Å². The number of hydrogen-bond acceptors (Lipinski definition) is 5. The van der Waals surface area contributed by atoms with Gasteiger partial charge in [-0.3, -0.25) is 9.69 Å². The Bertz CT molecular complexity index is 723.